The van der Waals surface area contributed by atoms with E-state index in [1.54, 1.807) is 0 Å². The highest BCUT2D eigenvalue weighted by atomic mass is 15.2. The van der Waals surface area contributed by atoms with Gasteiger partial charge < -0.3 is 14.8 Å². The number of unbranched alkanes of at least 4 members (excludes halogenated alkanes) is 2. The SMILES string of the molecule is CCCCNc1nccn1CCCCN(C)C(C)C. The van der Waals surface area contributed by atoms with Crippen molar-refractivity contribution in [3.63, 3.8) is 0 Å². The van der Waals surface area contributed by atoms with E-state index >= 15 is 0 Å². The van der Waals surface area contributed by atoms with Crippen LogP contribution in [0, 0.1) is 0 Å². The van der Waals surface area contributed by atoms with Crippen molar-refractivity contribution in [1.82, 2.24) is 14.5 Å². The largest absolute Gasteiger partial charge is 0.356 e. The van der Waals surface area contributed by atoms with Crippen LogP contribution in [0.5, 0.6) is 0 Å². The second kappa shape index (κ2) is 8.97. The number of imidazole rings is 1. The Morgan fingerprint density at radius 1 is 1.32 bits per heavy atom. The fraction of sp³-hybridized carbons (Fsp3) is 0.800. The van der Waals surface area contributed by atoms with Crippen LogP contribution >= 0.6 is 0 Å². The van der Waals surface area contributed by atoms with Crippen LogP contribution in [0.25, 0.3) is 0 Å². The Labute approximate surface area is 118 Å². The van der Waals surface area contributed by atoms with E-state index in [1.807, 2.05) is 6.20 Å². The summed E-state index contributed by atoms with van der Waals surface area (Å²) in [6, 6.07) is 0.638. The molecule has 0 aliphatic heterocycles. The monoisotopic (exact) mass is 266 g/mol. The molecule has 110 valence electrons. The summed E-state index contributed by atoms with van der Waals surface area (Å²) < 4.78 is 2.23. The molecule has 0 aliphatic rings. The third kappa shape index (κ3) is 6.10. The summed E-state index contributed by atoms with van der Waals surface area (Å²) in [7, 11) is 2.19. The average molecular weight is 266 g/mol. The van der Waals surface area contributed by atoms with Crippen molar-refractivity contribution in [2.45, 2.75) is 59.0 Å². The minimum atomic E-state index is 0.638. The van der Waals surface area contributed by atoms with Crippen molar-refractivity contribution in [3.05, 3.63) is 12.4 Å². The van der Waals surface area contributed by atoms with Gasteiger partial charge in [0.15, 0.2) is 0 Å². The Hall–Kier alpha value is -1.03. The highest BCUT2D eigenvalue weighted by molar-refractivity contribution is 5.25. The van der Waals surface area contributed by atoms with Crippen LogP contribution in [0.3, 0.4) is 0 Å². The van der Waals surface area contributed by atoms with E-state index in [0.29, 0.717) is 6.04 Å². The van der Waals surface area contributed by atoms with Gasteiger partial charge in [-0.1, -0.05) is 13.3 Å². The van der Waals surface area contributed by atoms with Crippen molar-refractivity contribution < 1.29 is 0 Å². The summed E-state index contributed by atoms with van der Waals surface area (Å²) in [6.45, 7) is 9.94. The molecule has 1 aromatic heterocycles. The van der Waals surface area contributed by atoms with E-state index in [-0.39, 0.29) is 0 Å². The molecule has 1 aromatic rings. The minimum Gasteiger partial charge on any atom is -0.356 e. The van der Waals surface area contributed by atoms with E-state index < -0.39 is 0 Å². The number of aryl methyl sites for hydroxylation is 1. The number of rotatable bonds is 10. The van der Waals surface area contributed by atoms with Crippen LogP contribution in [0.4, 0.5) is 5.95 Å². The van der Waals surface area contributed by atoms with Crippen molar-refractivity contribution in [3.8, 4) is 0 Å². The van der Waals surface area contributed by atoms with Gasteiger partial charge in [0.25, 0.3) is 0 Å². The molecule has 0 amide bonds. The summed E-state index contributed by atoms with van der Waals surface area (Å²) in [5, 5.41) is 3.40. The molecule has 0 saturated carbocycles. The first-order chi connectivity index (χ1) is 9.15. The zero-order valence-corrected chi connectivity index (χ0v) is 13.0. The molecule has 0 spiro atoms. The number of nitrogens with zero attached hydrogens (tertiary/aromatic N) is 3. The first-order valence-corrected chi connectivity index (χ1v) is 7.60. The number of hydrogen-bond acceptors (Lipinski definition) is 3. The van der Waals surface area contributed by atoms with Crippen LogP contribution in [-0.2, 0) is 6.54 Å². The Kier molecular flexibility index (Phi) is 7.56. The molecule has 0 radical (unpaired) electrons. The van der Waals surface area contributed by atoms with Gasteiger partial charge in [0.05, 0.1) is 0 Å². The lowest BCUT2D eigenvalue weighted by atomic mass is 10.2. The van der Waals surface area contributed by atoms with Crippen LogP contribution in [0.15, 0.2) is 12.4 Å². The lowest BCUT2D eigenvalue weighted by Crippen LogP contribution is -2.27. The van der Waals surface area contributed by atoms with Gasteiger partial charge >= 0.3 is 0 Å². The lowest BCUT2D eigenvalue weighted by Gasteiger charge is -2.20. The molecule has 0 aromatic carbocycles. The maximum atomic E-state index is 4.37. The summed E-state index contributed by atoms with van der Waals surface area (Å²) >= 11 is 0. The summed E-state index contributed by atoms with van der Waals surface area (Å²) in [5.41, 5.74) is 0. The third-order valence-electron chi connectivity index (χ3n) is 3.57. The van der Waals surface area contributed by atoms with E-state index in [4.69, 9.17) is 0 Å². The van der Waals surface area contributed by atoms with Crippen LogP contribution < -0.4 is 5.32 Å². The Balaban J connectivity index is 2.23. The second-order valence-corrected chi connectivity index (χ2v) is 5.51. The first kappa shape index (κ1) is 16.0. The minimum absolute atomic E-state index is 0.638. The van der Waals surface area contributed by atoms with Gasteiger partial charge in [0, 0.05) is 31.5 Å². The molecule has 19 heavy (non-hydrogen) atoms. The molecule has 1 rings (SSSR count). The van der Waals surface area contributed by atoms with Crippen molar-refractivity contribution in [2.75, 3.05) is 25.5 Å². The Morgan fingerprint density at radius 2 is 2.11 bits per heavy atom. The second-order valence-electron chi connectivity index (χ2n) is 5.51. The number of aromatic nitrogens is 2. The zero-order valence-electron chi connectivity index (χ0n) is 13.0. The lowest BCUT2D eigenvalue weighted by molar-refractivity contribution is 0.266. The molecular formula is C15H30N4. The van der Waals surface area contributed by atoms with Gasteiger partial charge in [-0.3, -0.25) is 0 Å². The predicted octanol–water partition coefficient (Wildman–Crippen LogP) is 3.22. The fourth-order valence-corrected chi connectivity index (χ4v) is 1.94. The predicted molar refractivity (Wildman–Crippen MR) is 82.6 cm³/mol. The third-order valence-corrected chi connectivity index (χ3v) is 3.57. The van der Waals surface area contributed by atoms with Crippen molar-refractivity contribution in [2.24, 2.45) is 0 Å². The number of hydrogen-bond donors (Lipinski definition) is 1. The molecule has 1 heterocycles. The first-order valence-electron chi connectivity index (χ1n) is 7.60. The molecule has 4 nitrogen and oxygen atoms in total. The van der Waals surface area contributed by atoms with Gasteiger partial charge in [-0.2, -0.15) is 0 Å². The zero-order chi connectivity index (χ0) is 14.1. The molecule has 0 unspecified atom stereocenters. The van der Waals surface area contributed by atoms with E-state index in [1.165, 1.54) is 32.2 Å². The molecule has 1 N–H and O–H groups in total. The standard InChI is InChI=1S/C15H30N4/c1-5-6-9-16-15-17-10-13-19(15)12-8-7-11-18(4)14(2)3/h10,13-14H,5-9,11-12H2,1-4H3,(H,16,17). The Morgan fingerprint density at radius 3 is 2.79 bits per heavy atom. The average Bonchev–Trinajstić information content (AvgIpc) is 2.82. The van der Waals surface area contributed by atoms with Gasteiger partial charge in [0.1, 0.15) is 0 Å². The highest BCUT2D eigenvalue weighted by Gasteiger charge is 2.04. The van der Waals surface area contributed by atoms with E-state index in [9.17, 15) is 0 Å². The maximum absolute atomic E-state index is 4.37. The van der Waals surface area contributed by atoms with E-state index in [2.05, 4.69) is 53.8 Å². The normalized spacial score (nSPS) is 11.5. The summed E-state index contributed by atoms with van der Waals surface area (Å²) in [5.74, 6) is 1.02. The van der Waals surface area contributed by atoms with Crippen LogP contribution in [0.1, 0.15) is 46.5 Å². The van der Waals surface area contributed by atoms with Gasteiger partial charge in [0.2, 0.25) is 5.95 Å². The fourth-order valence-electron chi connectivity index (χ4n) is 1.94. The number of anilines is 1. The molecule has 0 atom stereocenters. The molecule has 0 saturated heterocycles. The molecule has 4 heteroatoms. The quantitative estimate of drug-likeness (QED) is 0.660. The number of nitrogens with one attached hydrogen (secondary N) is 1. The van der Waals surface area contributed by atoms with E-state index in [0.717, 1.165) is 19.0 Å². The van der Waals surface area contributed by atoms with Gasteiger partial charge in [-0.15, -0.1) is 0 Å². The van der Waals surface area contributed by atoms with Crippen molar-refractivity contribution in [1.29, 1.82) is 0 Å². The smallest absolute Gasteiger partial charge is 0.202 e. The molecular weight excluding hydrogens is 236 g/mol. The van der Waals surface area contributed by atoms with Gasteiger partial charge in [-0.05, 0) is 46.7 Å². The summed E-state index contributed by atoms with van der Waals surface area (Å²) in [6.07, 6.45) is 8.81. The summed E-state index contributed by atoms with van der Waals surface area (Å²) in [4.78, 5) is 6.77. The molecule has 0 bridgehead atoms. The maximum Gasteiger partial charge on any atom is 0.202 e. The van der Waals surface area contributed by atoms with Gasteiger partial charge in [-0.25, -0.2) is 4.98 Å². The highest BCUT2D eigenvalue weighted by Crippen LogP contribution is 2.07. The van der Waals surface area contributed by atoms with Crippen LogP contribution in [0.2, 0.25) is 0 Å². The Bertz CT molecular complexity index is 333. The molecule has 0 aliphatic carbocycles. The molecule has 0 fully saturated rings. The van der Waals surface area contributed by atoms with Crippen molar-refractivity contribution >= 4 is 5.95 Å². The topological polar surface area (TPSA) is 33.1 Å². The van der Waals surface area contributed by atoms with Crippen LogP contribution in [-0.4, -0.2) is 40.6 Å².